The zero-order chi connectivity index (χ0) is 11.9. The van der Waals surface area contributed by atoms with Crippen molar-refractivity contribution in [3.05, 3.63) is 16.0 Å². The van der Waals surface area contributed by atoms with Crippen LogP contribution < -0.4 is 5.73 Å². The van der Waals surface area contributed by atoms with Crippen molar-refractivity contribution >= 4 is 28.0 Å². The van der Waals surface area contributed by atoms with E-state index in [1.165, 1.54) is 18.3 Å². The van der Waals surface area contributed by atoms with Crippen LogP contribution in [-0.2, 0) is 17.8 Å². The molecule has 2 rings (SSSR count). The van der Waals surface area contributed by atoms with E-state index in [-0.39, 0.29) is 11.7 Å². The highest BCUT2D eigenvalue weighted by molar-refractivity contribution is 7.16. The van der Waals surface area contributed by atoms with E-state index in [9.17, 15) is 9.59 Å². The molecule has 0 saturated heterocycles. The number of nitrogens with zero attached hydrogens (tertiary/aromatic N) is 1. The van der Waals surface area contributed by atoms with Crippen LogP contribution in [0.1, 0.15) is 34.6 Å². The van der Waals surface area contributed by atoms with Gasteiger partial charge in [-0.1, -0.05) is 0 Å². The molecule has 16 heavy (non-hydrogen) atoms. The molecule has 1 aromatic rings. The standard InChI is InChI=1S/C11H14N2O2S/c1-6(14)10-8-3-4-13(7(2)15)5-9(8)16-11(10)12/h3-5,12H2,1-2H3. The summed E-state index contributed by atoms with van der Waals surface area (Å²) >= 11 is 1.43. The highest BCUT2D eigenvalue weighted by atomic mass is 32.1. The number of hydrogen-bond donors (Lipinski definition) is 1. The number of amides is 1. The second-order valence-electron chi connectivity index (χ2n) is 3.99. The number of thiophene rings is 1. The van der Waals surface area contributed by atoms with Crippen LogP contribution in [0.25, 0.3) is 0 Å². The Morgan fingerprint density at radius 3 is 2.62 bits per heavy atom. The van der Waals surface area contributed by atoms with Crippen molar-refractivity contribution in [2.75, 3.05) is 12.3 Å². The van der Waals surface area contributed by atoms with Gasteiger partial charge in [0.05, 0.1) is 17.1 Å². The molecule has 4 nitrogen and oxygen atoms in total. The molecule has 1 aliphatic heterocycles. The van der Waals surface area contributed by atoms with Crippen LogP contribution in [0.5, 0.6) is 0 Å². The first-order valence-electron chi connectivity index (χ1n) is 5.17. The third kappa shape index (κ3) is 1.71. The Morgan fingerprint density at radius 2 is 2.06 bits per heavy atom. The SMILES string of the molecule is CC(=O)c1c(N)sc2c1CCN(C(C)=O)C2. The molecule has 0 fully saturated rings. The molecule has 5 heteroatoms. The lowest BCUT2D eigenvalue weighted by Crippen LogP contribution is -2.33. The predicted molar refractivity (Wildman–Crippen MR) is 63.5 cm³/mol. The van der Waals surface area contributed by atoms with E-state index in [0.29, 0.717) is 23.7 Å². The number of ketones is 1. The van der Waals surface area contributed by atoms with Gasteiger partial charge >= 0.3 is 0 Å². The van der Waals surface area contributed by atoms with Crippen LogP contribution >= 0.6 is 11.3 Å². The minimum Gasteiger partial charge on any atom is -0.390 e. The predicted octanol–water partition coefficient (Wildman–Crippen LogP) is 1.44. The molecule has 0 radical (unpaired) electrons. The summed E-state index contributed by atoms with van der Waals surface area (Å²) in [7, 11) is 0. The third-order valence-electron chi connectivity index (χ3n) is 2.88. The lowest BCUT2D eigenvalue weighted by molar-refractivity contribution is -0.129. The Labute approximate surface area is 98.0 Å². The van der Waals surface area contributed by atoms with Crippen molar-refractivity contribution in [3.63, 3.8) is 0 Å². The van der Waals surface area contributed by atoms with Crippen molar-refractivity contribution < 1.29 is 9.59 Å². The van der Waals surface area contributed by atoms with Crippen molar-refractivity contribution in [3.8, 4) is 0 Å². The maximum atomic E-state index is 11.5. The summed E-state index contributed by atoms with van der Waals surface area (Å²) in [6, 6.07) is 0. The van der Waals surface area contributed by atoms with E-state index in [1.807, 2.05) is 0 Å². The van der Waals surface area contributed by atoms with E-state index >= 15 is 0 Å². The average Bonchev–Trinajstić information content (AvgIpc) is 2.51. The molecule has 1 aliphatic rings. The molecule has 0 aliphatic carbocycles. The number of rotatable bonds is 1. The second-order valence-corrected chi connectivity index (χ2v) is 5.13. The lowest BCUT2D eigenvalue weighted by Gasteiger charge is -2.25. The van der Waals surface area contributed by atoms with Gasteiger partial charge in [-0.05, 0) is 18.9 Å². The summed E-state index contributed by atoms with van der Waals surface area (Å²) in [4.78, 5) is 25.6. The summed E-state index contributed by atoms with van der Waals surface area (Å²) in [6.07, 6.45) is 0.734. The molecule has 2 heterocycles. The minimum absolute atomic E-state index is 0.0197. The molecule has 1 amide bonds. The summed E-state index contributed by atoms with van der Waals surface area (Å²) in [5.41, 5.74) is 7.56. The van der Waals surface area contributed by atoms with E-state index < -0.39 is 0 Å². The van der Waals surface area contributed by atoms with E-state index in [2.05, 4.69) is 0 Å². The van der Waals surface area contributed by atoms with Crippen LogP contribution in [0.15, 0.2) is 0 Å². The van der Waals surface area contributed by atoms with E-state index in [0.717, 1.165) is 16.9 Å². The molecule has 86 valence electrons. The highest BCUT2D eigenvalue weighted by Crippen LogP contribution is 2.35. The first-order chi connectivity index (χ1) is 7.50. The Hall–Kier alpha value is -1.36. The summed E-state index contributed by atoms with van der Waals surface area (Å²) in [6.45, 7) is 4.37. The first-order valence-corrected chi connectivity index (χ1v) is 5.98. The van der Waals surface area contributed by atoms with Crippen LogP contribution in [0.2, 0.25) is 0 Å². The monoisotopic (exact) mass is 238 g/mol. The van der Waals surface area contributed by atoms with Crippen molar-refractivity contribution in [1.82, 2.24) is 4.90 Å². The Morgan fingerprint density at radius 1 is 1.38 bits per heavy atom. The number of anilines is 1. The maximum Gasteiger partial charge on any atom is 0.219 e. The molecule has 1 aromatic heterocycles. The molecule has 0 atom stereocenters. The Balaban J connectivity index is 2.39. The number of nitrogens with two attached hydrogens (primary N) is 1. The molecule has 0 bridgehead atoms. The molecular weight excluding hydrogens is 224 g/mol. The van der Waals surface area contributed by atoms with Crippen molar-refractivity contribution in [1.29, 1.82) is 0 Å². The Kier molecular flexibility index (Phi) is 2.71. The third-order valence-corrected chi connectivity index (χ3v) is 3.93. The first kappa shape index (κ1) is 11.1. The van der Waals surface area contributed by atoms with Crippen LogP contribution in [-0.4, -0.2) is 23.1 Å². The fourth-order valence-electron chi connectivity index (χ4n) is 2.08. The fraction of sp³-hybridized carbons (Fsp3) is 0.455. The quantitative estimate of drug-likeness (QED) is 0.753. The van der Waals surface area contributed by atoms with Gasteiger partial charge in [-0.15, -0.1) is 11.3 Å². The average molecular weight is 238 g/mol. The number of nitrogen functional groups attached to an aromatic ring is 1. The topological polar surface area (TPSA) is 63.4 Å². The number of hydrogen-bond acceptors (Lipinski definition) is 4. The van der Waals surface area contributed by atoms with Gasteiger partial charge in [-0.3, -0.25) is 9.59 Å². The van der Waals surface area contributed by atoms with Crippen molar-refractivity contribution in [2.24, 2.45) is 0 Å². The van der Waals surface area contributed by atoms with Gasteiger partial charge in [0.25, 0.3) is 0 Å². The molecular formula is C11H14N2O2S. The molecule has 0 unspecified atom stereocenters. The van der Waals surface area contributed by atoms with Gasteiger partial charge in [-0.2, -0.15) is 0 Å². The van der Waals surface area contributed by atoms with Gasteiger partial charge in [-0.25, -0.2) is 0 Å². The largest absolute Gasteiger partial charge is 0.390 e. The zero-order valence-electron chi connectivity index (χ0n) is 9.37. The van der Waals surface area contributed by atoms with Gasteiger partial charge in [0.2, 0.25) is 5.91 Å². The number of Topliss-reactive ketones (excluding diaryl/α,β-unsaturated/α-hetero) is 1. The van der Waals surface area contributed by atoms with Crippen molar-refractivity contribution in [2.45, 2.75) is 26.8 Å². The minimum atomic E-state index is 0.0197. The number of carbonyl (C=O) groups excluding carboxylic acids is 2. The summed E-state index contributed by atoms with van der Waals surface area (Å²) in [5.74, 6) is 0.0910. The summed E-state index contributed by atoms with van der Waals surface area (Å²) < 4.78 is 0. The summed E-state index contributed by atoms with van der Waals surface area (Å²) in [5, 5.41) is 0.586. The smallest absolute Gasteiger partial charge is 0.219 e. The lowest BCUT2D eigenvalue weighted by atomic mass is 10.0. The zero-order valence-corrected chi connectivity index (χ0v) is 10.2. The number of carbonyl (C=O) groups is 2. The van der Waals surface area contributed by atoms with Gasteiger partial charge < -0.3 is 10.6 Å². The van der Waals surface area contributed by atoms with Gasteiger partial charge in [0.1, 0.15) is 0 Å². The fourth-order valence-corrected chi connectivity index (χ4v) is 3.26. The van der Waals surface area contributed by atoms with E-state index in [1.54, 1.807) is 11.8 Å². The van der Waals surface area contributed by atoms with E-state index in [4.69, 9.17) is 5.73 Å². The molecule has 0 saturated carbocycles. The van der Waals surface area contributed by atoms with Crippen LogP contribution in [0.3, 0.4) is 0 Å². The van der Waals surface area contributed by atoms with Crippen LogP contribution in [0, 0.1) is 0 Å². The molecule has 0 spiro atoms. The van der Waals surface area contributed by atoms with Gasteiger partial charge in [0.15, 0.2) is 5.78 Å². The van der Waals surface area contributed by atoms with Crippen LogP contribution in [0.4, 0.5) is 5.00 Å². The normalized spacial score (nSPS) is 14.8. The Bertz CT molecular complexity index is 465. The molecule has 2 N–H and O–H groups in total. The maximum absolute atomic E-state index is 11.5. The highest BCUT2D eigenvalue weighted by Gasteiger charge is 2.26. The number of fused-ring (bicyclic) bond motifs is 1. The van der Waals surface area contributed by atoms with Gasteiger partial charge in [0, 0.05) is 18.3 Å². The second kappa shape index (κ2) is 3.90. The molecule has 0 aromatic carbocycles.